The number of allylic oxidation sites excluding steroid dienone is 1. The summed E-state index contributed by atoms with van der Waals surface area (Å²) in [6, 6.07) is 39.4. The second-order valence-corrected chi connectivity index (χ2v) is 28.1. The predicted octanol–water partition coefficient (Wildman–Crippen LogP) is 8.76. The molecule has 5 aromatic carbocycles. The van der Waals surface area contributed by atoms with Crippen molar-refractivity contribution in [3.8, 4) is 0 Å². The van der Waals surface area contributed by atoms with Crippen molar-refractivity contribution in [1.29, 1.82) is 0 Å². The van der Waals surface area contributed by atoms with Crippen LogP contribution in [0.4, 0.5) is 30.2 Å². The number of piperidine rings is 3. The van der Waals surface area contributed by atoms with Crippen LogP contribution in [0.1, 0.15) is 96.1 Å². The Morgan fingerprint density at radius 3 is 2.12 bits per heavy atom. The standard InChI is InChI=1S/C67H79ClN9O7S2.CF3.2H2O.Sc/c68-53-10-6-49(7-11-53)60-22-26-67(27-32-73(33-28-67)44-48-23-30-75(31-24-48)57-16-19-61-51(42-57)46-77(66(61)81)62-20-21-63(78)70-65(62)80)43-52(60)45-74-34-36-76(37-35-74)56-14-8-50(9-15-56)64(79)71-86(82,83)59-17-12-54(13-18-59)69-55(25-29-72-38-40-84-41-39-72)47-85-58-4-2-1-3-5-58;2-1(3)4;;;/h1-12,14-19,42,48,55,62,69H,20-41,43-47H2,(H,71,79)(H,70,78,80);;2*1H2;/q2*-1;;;/t55-,62?;;;;/m1..../s1. The Morgan fingerprint density at radius 1 is 0.774 bits per heavy atom. The summed E-state index contributed by atoms with van der Waals surface area (Å²) in [7, 11) is -4.16. The van der Waals surface area contributed by atoms with Crippen LogP contribution in [0.3, 0.4) is 0 Å². The molecule has 5 saturated heterocycles. The van der Waals surface area contributed by atoms with Gasteiger partial charge in [0.2, 0.25) is 21.8 Å². The number of carbonyl (C=O) groups is 4. The van der Waals surface area contributed by atoms with Gasteiger partial charge >= 0.3 is 0 Å². The van der Waals surface area contributed by atoms with Gasteiger partial charge in [0, 0.05) is 155 Å². The molecule has 1 radical (unpaired) electrons. The molecule has 2 atom stereocenters. The van der Waals surface area contributed by atoms with Crippen molar-refractivity contribution in [3.05, 3.63) is 161 Å². The third kappa shape index (κ3) is 19.3. The van der Waals surface area contributed by atoms with E-state index in [4.69, 9.17) is 16.3 Å². The number of piperazine rings is 1. The van der Waals surface area contributed by atoms with Gasteiger partial charge in [-0.25, -0.2) is 8.42 Å². The van der Waals surface area contributed by atoms with Crippen LogP contribution in [0.2, 0.25) is 5.02 Å². The summed E-state index contributed by atoms with van der Waals surface area (Å²) in [5.74, 6) is -0.00110. The molecule has 12 rings (SSSR count). The molecule has 7 N–H and O–H groups in total. The first-order chi connectivity index (χ1) is 43.5. The van der Waals surface area contributed by atoms with Crippen LogP contribution in [0.5, 0.6) is 0 Å². The monoisotopic (exact) mass is 1370 g/mol. The van der Waals surface area contributed by atoms with Gasteiger partial charge in [-0.3, -0.25) is 39.0 Å². The van der Waals surface area contributed by atoms with Gasteiger partial charge in [0.25, 0.3) is 11.8 Å². The predicted molar refractivity (Wildman–Crippen MR) is 353 cm³/mol. The molecule has 93 heavy (non-hydrogen) atoms. The quantitative estimate of drug-likeness (QED) is 0.0399. The molecule has 4 amide bonds. The molecular formula is C68H83ClF3N9O9S2Sc-2. The fraction of sp³-hybridized carbons (Fsp3) is 0.456. The Bertz CT molecular complexity index is 3450. The molecule has 0 bridgehead atoms. The van der Waals surface area contributed by atoms with Crippen LogP contribution >= 0.6 is 23.4 Å². The summed E-state index contributed by atoms with van der Waals surface area (Å²) in [6.45, 7) is 11.3. The maximum absolute atomic E-state index is 13.5. The zero-order valence-electron chi connectivity index (χ0n) is 52.2. The number of amides is 4. The third-order valence-electron chi connectivity index (χ3n) is 19.1. The normalized spacial score (nSPS) is 20.2. The van der Waals surface area contributed by atoms with Crippen molar-refractivity contribution < 1.29 is 82.3 Å². The van der Waals surface area contributed by atoms with Crippen molar-refractivity contribution >= 4 is 79.7 Å². The Balaban J connectivity index is 0.00000154. The number of anilines is 3. The number of likely N-dealkylation sites (tertiary alicyclic amines) is 1. The van der Waals surface area contributed by atoms with E-state index in [1.165, 1.54) is 47.4 Å². The Labute approximate surface area is 571 Å². The Hall–Kier alpha value is -5.67. The first-order valence-corrected chi connectivity index (χ1v) is 34.3. The molecule has 1 unspecified atom stereocenters. The molecule has 6 aliphatic heterocycles. The van der Waals surface area contributed by atoms with Crippen molar-refractivity contribution in [2.24, 2.45) is 11.3 Å². The number of morpholine rings is 1. The van der Waals surface area contributed by atoms with Gasteiger partial charge < -0.3 is 53.8 Å². The fourth-order valence-electron chi connectivity index (χ4n) is 14.0. The number of benzene rings is 5. The minimum Gasteiger partial charge on any atom is -0.412 e. The third-order valence-corrected chi connectivity index (χ3v) is 21.8. The Morgan fingerprint density at radius 2 is 1.45 bits per heavy atom. The van der Waals surface area contributed by atoms with E-state index in [0.29, 0.717) is 35.5 Å². The molecule has 1 spiro atoms. The van der Waals surface area contributed by atoms with Gasteiger partial charge in [0.05, 0.1) is 13.2 Å². The van der Waals surface area contributed by atoms with Crippen LogP contribution in [0, 0.1) is 24.1 Å². The maximum atomic E-state index is 13.5. The number of halogens is 4. The molecule has 7 aliphatic rings. The summed E-state index contributed by atoms with van der Waals surface area (Å²) < 4.78 is 63.7. The summed E-state index contributed by atoms with van der Waals surface area (Å²) >= 11 is 8.20. The van der Waals surface area contributed by atoms with E-state index in [-0.39, 0.29) is 77.4 Å². The van der Waals surface area contributed by atoms with E-state index in [9.17, 15) is 40.8 Å². The number of sulfonamides is 1. The minimum absolute atomic E-state index is 0. The zero-order chi connectivity index (χ0) is 62.8. The summed E-state index contributed by atoms with van der Waals surface area (Å²) in [5, 5.41) is 6.74. The van der Waals surface area contributed by atoms with Crippen LogP contribution in [-0.4, -0.2) is 179 Å². The van der Waals surface area contributed by atoms with Gasteiger partial charge in [-0.05, 0) is 171 Å². The van der Waals surface area contributed by atoms with E-state index in [1.54, 1.807) is 40.4 Å². The van der Waals surface area contributed by atoms with Gasteiger partial charge in [-0.15, -0.1) is 17.8 Å². The number of hydrogen-bond acceptors (Lipinski definition) is 14. The second kappa shape index (κ2) is 33.8. The SMILES string of the molecule is F[C-](F)F.O.O.O=C1CCC(N2Cc3cc(N4CCC(CN5CCC6(CCC(c7ccc(Cl)cc7)=C(CN7CCN(c8ccc(C(=O)NS(=O)(=O)c9c[c-]c(N[C@H](CCN%10CCOCC%10)CSc%10ccccc%10)cc9)cc8)CC7)C6)CC5)CC4)ccc3C2=O)C(=O)N1.[Sc]. The number of ether oxygens (including phenoxy) is 1. The number of rotatable bonds is 19. The summed E-state index contributed by atoms with van der Waals surface area (Å²) in [6.07, 6.45) is 9.55. The van der Waals surface area contributed by atoms with E-state index in [0.717, 1.165) is 158 Å². The van der Waals surface area contributed by atoms with Gasteiger partial charge in [0.1, 0.15) is 6.04 Å². The number of nitrogens with one attached hydrogen (secondary N) is 3. The van der Waals surface area contributed by atoms with E-state index in [1.807, 2.05) is 48.5 Å². The number of nitrogens with zero attached hydrogens (tertiary/aromatic N) is 6. The molecular weight excluding hydrogens is 1290 g/mol. The van der Waals surface area contributed by atoms with Crippen molar-refractivity contribution in [2.75, 3.05) is 119 Å². The van der Waals surface area contributed by atoms with Gasteiger partial charge in [-0.2, -0.15) is 18.2 Å². The molecule has 499 valence electrons. The fourth-order valence-corrected chi connectivity index (χ4v) is 16.0. The molecule has 0 saturated carbocycles. The van der Waals surface area contributed by atoms with Crippen LogP contribution in [-0.2, 0) is 56.7 Å². The van der Waals surface area contributed by atoms with Crippen molar-refractivity contribution in [2.45, 2.75) is 92.6 Å². The molecule has 18 nitrogen and oxygen atoms in total. The second-order valence-electron chi connectivity index (χ2n) is 24.8. The first kappa shape index (κ1) is 73.1. The van der Waals surface area contributed by atoms with Gasteiger partial charge in [0.15, 0.2) is 6.68 Å². The molecule has 0 aromatic heterocycles. The molecule has 5 fully saturated rings. The molecule has 1 aliphatic carbocycles. The number of fused-ring (bicyclic) bond motifs is 1. The van der Waals surface area contributed by atoms with Crippen molar-refractivity contribution in [3.63, 3.8) is 0 Å². The summed E-state index contributed by atoms with van der Waals surface area (Å²) in [4.78, 5) is 66.5. The largest absolute Gasteiger partial charge is 0.412 e. The Kier molecular flexibility index (Phi) is 26.6. The van der Waals surface area contributed by atoms with Crippen LogP contribution in [0.15, 0.2) is 131 Å². The number of hydrogen-bond donors (Lipinski definition) is 3. The minimum atomic E-state index is -4.16. The smallest absolute Gasteiger partial charge is 0.264 e. The molecule has 25 heteroatoms. The number of thioether (sulfide) groups is 1. The maximum Gasteiger partial charge on any atom is 0.264 e. The molecule has 5 aromatic rings. The molecule has 6 heterocycles. The zero-order valence-corrected chi connectivity index (χ0v) is 56.4. The van der Waals surface area contributed by atoms with E-state index >= 15 is 0 Å². The number of imide groups is 1. The average Bonchev–Trinajstić information content (AvgIpc) is 1.78. The average molecular weight is 1370 g/mol. The topological polar surface area (TPSA) is 230 Å². The van der Waals surface area contributed by atoms with Crippen LogP contribution < -0.4 is 25.2 Å². The number of carbonyl (C=O) groups excluding carboxylic acids is 4. The first-order valence-electron chi connectivity index (χ1n) is 31.5. The summed E-state index contributed by atoms with van der Waals surface area (Å²) in [5.41, 5.74) is 9.31. The van der Waals surface area contributed by atoms with E-state index < -0.39 is 28.7 Å². The van der Waals surface area contributed by atoms with Crippen molar-refractivity contribution in [1.82, 2.24) is 29.6 Å². The van der Waals surface area contributed by atoms with Gasteiger partial charge in [-0.1, -0.05) is 53.2 Å². The van der Waals surface area contributed by atoms with E-state index in [2.05, 4.69) is 82.3 Å². The van der Waals surface area contributed by atoms with Crippen LogP contribution in [0.25, 0.3) is 5.57 Å².